The van der Waals surface area contributed by atoms with Gasteiger partial charge in [0.2, 0.25) is 0 Å². The predicted octanol–water partition coefficient (Wildman–Crippen LogP) is 3.29. The van der Waals surface area contributed by atoms with E-state index in [0.29, 0.717) is 11.5 Å². The van der Waals surface area contributed by atoms with Gasteiger partial charge in [0.1, 0.15) is 0 Å². The molecule has 6 heteroatoms. The van der Waals surface area contributed by atoms with Crippen LogP contribution in [-0.2, 0) is 0 Å². The molecule has 1 unspecified atom stereocenters. The Bertz CT molecular complexity index is 625. The largest absolute Gasteiger partial charge is 0.493 e. The molecule has 0 amide bonds. The molecule has 1 aromatic carbocycles. The van der Waals surface area contributed by atoms with Crippen LogP contribution in [0.4, 0.5) is 0 Å². The zero-order valence-electron chi connectivity index (χ0n) is 12.6. The van der Waals surface area contributed by atoms with E-state index >= 15 is 0 Å². The quantitative estimate of drug-likeness (QED) is 0.895. The summed E-state index contributed by atoms with van der Waals surface area (Å²) >= 11 is 3.53. The van der Waals surface area contributed by atoms with Crippen LogP contribution < -0.4 is 15.2 Å². The van der Waals surface area contributed by atoms with E-state index in [4.69, 9.17) is 15.2 Å². The standard InChI is InChI=1S/C15H20BrN3O2/c1-9(2)19-15(11(16)8-18-19)14(17)10-5-6-12(20-3)13(7-10)21-4/h5-9,14H,17H2,1-4H3. The summed E-state index contributed by atoms with van der Waals surface area (Å²) in [5, 5.41) is 4.37. The van der Waals surface area contributed by atoms with Crippen molar-refractivity contribution >= 4 is 15.9 Å². The van der Waals surface area contributed by atoms with Crippen LogP contribution in [0.25, 0.3) is 0 Å². The second-order valence-electron chi connectivity index (χ2n) is 5.01. The van der Waals surface area contributed by atoms with Crippen molar-refractivity contribution < 1.29 is 9.47 Å². The summed E-state index contributed by atoms with van der Waals surface area (Å²) in [6.45, 7) is 4.15. The van der Waals surface area contributed by atoms with Gasteiger partial charge in [-0.15, -0.1) is 0 Å². The van der Waals surface area contributed by atoms with Gasteiger partial charge in [-0.3, -0.25) is 4.68 Å². The first-order chi connectivity index (χ1) is 9.99. The first-order valence-electron chi connectivity index (χ1n) is 6.70. The molecule has 2 N–H and O–H groups in total. The molecule has 1 heterocycles. The van der Waals surface area contributed by atoms with Gasteiger partial charge >= 0.3 is 0 Å². The van der Waals surface area contributed by atoms with Crippen molar-refractivity contribution in [2.45, 2.75) is 25.9 Å². The molecular formula is C15H20BrN3O2. The lowest BCUT2D eigenvalue weighted by Crippen LogP contribution is -2.19. The van der Waals surface area contributed by atoms with Crippen molar-refractivity contribution in [2.24, 2.45) is 5.73 Å². The number of aromatic nitrogens is 2. The Labute approximate surface area is 133 Å². The van der Waals surface area contributed by atoms with Gasteiger partial charge in [-0.1, -0.05) is 6.07 Å². The number of nitrogens with two attached hydrogens (primary N) is 1. The molecule has 1 aromatic heterocycles. The number of rotatable bonds is 5. The molecule has 0 aliphatic heterocycles. The molecule has 0 aliphatic rings. The molecule has 2 rings (SSSR count). The summed E-state index contributed by atoms with van der Waals surface area (Å²) in [6, 6.07) is 5.63. The summed E-state index contributed by atoms with van der Waals surface area (Å²) < 4.78 is 13.4. The van der Waals surface area contributed by atoms with E-state index in [1.165, 1.54) is 0 Å². The van der Waals surface area contributed by atoms with Crippen LogP contribution in [0.2, 0.25) is 0 Å². The third-order valence-electron chi connectivity index (χ3n) is 3.34. The van der Waals surface area contributed by atoms with Gasteiger partial charge < -0.3 is 15.2 Å². The molecule has 0 saturated heterocycles. The van der Waals surface area contributed by atoms with Gasteiger partial charge in [0.25, 0.3) is 0 Å². The first-order valence-corrected chi connectivity index (χ1v) is 7.49. The van der Waals surface area contributed by atoms with Crippen LogP contribution >= 0.6 is 15.9 Å². The average Bonchev–Trinajstić information content (AvgIpc) is 2.87. The maximum atomic E-state index is 6.43. The summed E-state index contributed by atoms with van der Waals surface area (Å²) in [7, 11) is 3.23. The Morgan fingerprint density at radius 3 is 2.43 bits per heavy atom. The van der Waals surface area contributed by atoms with E-state index in [-0.39, 0.29) is 12.1 Å². The molecule has 0 radical (unpaired) electrons. The normalized spacial score (nSPS) is 12.5. The number of methoxy groups -OCH3 is 2. The van der Waals surface area contributed by atoms with Crippen LogP contribution in [0.1, 0.15) is 37.2 Å². The maximum Gasteiger partial charge on any atom is 0.161 e. The molecule has 0 bridgehead atoms. The zero-order chi connectivity index (χ0) is 15.6. The molecule has 0 fully saturated rings. The number of nitrogens with zero attached hydrogens (tertiary/aromatic N) is 2. The number of hydrogen-bond acceptors (Lipinski definition) is 4. The van der Waals surface area contributed by atoms with Gasteiger partial charge in [0.15, 0.2) is 11.5 Å². The van der Waals surface area contributed by atoms with Gasteiger partial charge in [-0.25, -0.2) is 0 Å². The van der Waals surface area contributed by atoms with E-state index in [9.17, 15) is 0 Å². The summed E-state index contributed by atoms with van der Waals surface area (Å²) in [4.78, 5) is 0. The van der Waals surface area contributed by atoms with Gasteiger partial charge in [-0.2, -0.15) is 5.10 Å². The predicted molar refractivity (Wildman–Crippen MR) is 85.9 cm³/mol. The average molecular weight is 354 g/mol. The Morgan fingerprint density at radius 2 is 1.86 bits per heavy atom. The molecule has 1 atom stereocenters. The molecule has 0 aliphatic carbocycles. The van der Waals surface area contributed by atoms with Crippen LogP contribution in [-0.4, -0.2) is 24.0 Å². The highest BCUT2D eigenvalue weighted by molar-refractivity contribution is 9.10. The third-order valence-corrected chi connectivity index (χ3v) is 3.95. The van der Waals surface area contributed by atoms with Gasteiger partial charge in [0, 0.05) is 6.04 Å². The lowest BCUT2D eigenvalue weighted by Gasteiger charge is -2.19. The smallest absolute Gasteiger partial charge is 0.161 e. The zero-order valence-corrected chi connectivity index (χ0v) is 14.2. The van der Waals surface area contributed by atoms with Crippen molar-refractivity contribution in [1.82, 2.24) is 9.78 Å². The fraction of sp³-hybridized carbons (Fsp3) is 0.400. The third kappa shape index (κ3) is 3.06. The minimum Gasteiger partial charge on any atom is -0.493 e. The van der Waals surface area contributed by atoms with Crippen LogP contribution in [0.15, 0.2) is 28.9 Å². The monoisotopic (exact) mass is 353 g/mol. The van der Waals surface area contributed by atoms with E-state index in [0.717, 1.165) is 15.7 Å². The Kier molecular flexibility index (Phi) is 4.90. The SMILES string of the molecule is COc1ccc(C(N)c2c(Br)cnn2C(C)C)cc1OC. The van der Waals surface area contributed by atoms with Crippen LogP contribution in [0.3, 0.4) is 0 Å². The fourth-order valence-corrected chi connectivity index (χ4v) is 2.78. The summed E-state index contributed by atoms with van der Waals surface area (Å²) in [5.74, 6) is 1.35. The van der Waals surface area contributed by atoms with E-state index in [1.807, 2.05) is 22.9 Å². The highest BCUT2D eigenvalue weighted by Crippen LogP contribution is 2.34. The van der Waals surface area contributed by atoms with E-state index in [2.05, 4.69) is 34.9 Å². The topological polar surface area (TPSA) is 62.3 Å². The highest BCUT2D eigenvalue weighted by Gasteiger charge is 2.21. The van der Waals surface area contributed by atoms with Crippen LogP contribution in [0, 0.1) is 0 Å². The Hall–Kier alpha value is -1.53. The van der Waals surface area contributed by atoms with Crippen molar-refractivity contribution in [3.8, 4) is 11.5 Å². The number of ether oxygens (including phenoxy) is 2. The van der Waals surface area contributed by atoms with Crippen molar-refractivity contribution in [1.29, 1.82) is 0 Å². The Balaban J connectivity index is 2.45. The van der Waals surface area contributed by atoms with Crippen molar-refractivity contribution in [2.75, 3.05) is 14.2 Å². The number of halogens is 1. The highest BCUT2D eigenvalue weighted by atomic mass is 79.9. The van der Waals surface area contributed by atoms with Gasteiger partial charge in [0.05, 0.1) is 36.6 Å². The lowest BCUT2D eigenvalue weighted by molar-refractivity contribution is 0.354. The molecule has 0 saturated carbocycles. The minimum atomic E-state index is -0.302. The minimum absolute atomic E-state index is 0.234. The molecule has 2 aromatic rings. The second kappa shape index (κ2) is 6.49. The van der Waals surface area contributed by atoms with E-state index < -0.39 is 0 Å². The number of hydrogen-bond donors (Lipinski definition) is 1. The van der Waals surface area contributed by atoms with Crippen molar-refractivity contribution in [3.63, 3.8) is 0 Å². The lowest BCUT2D eigenvalue weighted by atomic mass is 10.0. The van der Waals surface area contributed by atoms with E-state index in [1.54, 1.807) is 20.4 Å². The molecule has 21 heavy (non-hydrogen) atoms. The molecule has 114 valence electrons. The maximum absolute atomic E-state index is 6.43. The molecule has 0 spiro atoms. The summed E-state index contributed by atoms with van der Waals surface area (Å²) in [5.41, 5.74) is 8.31. The summed E-state index contributed by atoms with van der Waals surface area (Å²) in [6.07, 6.45) is 1.77. The first kappa shape index (κ1) is 15.9. The second-order valence-corrected chi connectivity index (χ2v) is 5.86. The van der Waals surface area contributed by atoms with Crippen molar-refractivity contribution in [3.05, 3.63) is 40.1 Å². The fourth-order valence-electron chi connectivity index (χ4n) is 2.26. The molecular weight excluding hydrogens is 334 g/mol. The Morgan fingerprint density at radius 1 is 1.19 bits per heavy atom. The van der Waals surface area contributed by atoms with Crippen LogP contribution in [0.5, 0.6) is 11.5 Å². The van der Waals surface area contributed by atoms with Gasteiger partial charge in [-0.05, 0) is 47.5 Å². The molecule has 5 nitrogen and oxygen atoms in total. The number of benzene rings is 1.